The molecule has 2 N–H and O–H groups in total. The molecule has 3 rings (SSSR count). The van der Waals surface area contributed by atoms with Crippen molar-refractivity contribution >= 4 is 35.5 Å². The van der Waals surface area contributed by atoms with Crippen LogP contribution in [0.15, 0.2) is 46.7 Å². The summed E-state index contributed by atoms with van der Waals surface area (Å²) in [5.41, 5.74) is 9.31. The molecule has 1 aromatic carbocycles. The topological polar surface area (TPSA) is 162 Å². The maximum Gasteiger partial charge on any atom is 0.352 e. The van der Waals surface area contributed by atoms with Gasteiger partial charge >= 0.3 is 11.9 Å². The third kappa shape index (κ3) is 4.09. The quantitative estimate of drug-likeness (QED) is 0.216. The van der Waals surface area contributed by atoms with Crippen LogP contribution in [0.1, 0.15) is 18.5 Å². The van der Waals surface area contributed by atoms with E-state index >= 15 is 0 Å². The molecule has 156 valence electrons. The Morgan fingerprint density at radius 3 is 2.70 bits per heavy atom. The van der Waals surface area contributed by atoms with Gasteiger partial charge in [-0.15, -0.1) is 11.8 Å². The first kappa shape index (κ1) is 21.2. The number of aliphatic carboxylic acids is 1. The van der Waals surface area contributed by atoms with E-state index in [2.05, 4.69) is 15.3 Å². The van der Waals surface area contributed by atoms with Gasteiger partial charge in [0.2, 0.25) is 5.91 Å². The van der Waals surface area contributed by atoms with E-state index in [1.165, 1.54) is 18.7 Å². The lowest BCUT2D eigenvalue weighted by atomic mass is 10.0. The normalized spacial score (nSPS) is 21.0. The molecule has 0 aromatic heterocycles. The summed E-state index contributed by atoms with van der Waals surface area (Å²) < 4.78 is 4.88. The monoisotopic (exact) mass is 431 g/mol. The number of rotatable bonds is 7. The van der Waals surface area contributed by atoms with Crippen molar-refractivity contribution in [2.75, 3.05) is 12.4 Å². The van der Waals surface area contributed by atoms with Crippen LogP contribution in [-0.2, 0) is 23.9 Å². The van der Waals surface area contributed by atoms with E-state index in [0.717, 1.165) is 4.90 Å². The molecule has 2 aliphatic rings. The minimum absolute atomic E-state index is 0.216. The molecule has 30 heavy (non-hydrogen) atoms. The number of carbonyl (C=O) groups excluding carboxylic acids is 3. The summed E-state index contributed by atoms with van der Waals surface area (Å²) in [7, 11) is 0. The van der Waals surface area contributed by atoms with Crippen molar-refractivity contribution in [1.29, 1.82) is 0 Å². The van der Waals surface area contributed by atoms with Gasteiger partial charge in [0.1, 0.15) is 29.8 Å². The maximum atomic E-state index is 12.7. The minimum atomic E-state index is -1.32. The Kier molecular flexibility index (Phi) is 6.28. The van der Waals surface area contributed by atoms with Gasteiger partial charge in [0.25, 0.3) is 5.91 Å². The van der Waals surface area contributed by atoms with Gasteiger partial charge < -0.3 is 15.2 Å². The van der Waals surface area contributed by atoms with Gasteiger partial charge in [0.15, 0.2) is 0 Å². The van der Waals surface area contributed by atoms with Crippen LogP contribution in [0.3, 0.4) is 0 Å². The van der Waals surface area contributed by atoms with Crippen LogP contribution in [-0.4, -0.2) is 57.5 Å². The molecular formula is C18H17N5O6S. The molecule has 0 bridgehead atoms. The van der Waals surface area contributed by atoms with Gasteiger partial charge in [-0.25, -0.2) is 4.79 Å². The highest BCUT2D eigenvalue weighted by Gasteiger charge is 2.54. The Balaban J connectivity index is 1.77. The Morgan fingerprint density at radius 2 is 2.10 bits per heavy atom. The molecule has 3 atom stereocenters. The minimum Gasteiger partial charge on any atom is -0.477 e. The van der Waals surface area contributed by atoms with Crippen LogP contribution < -0.4 is 5.32 Å². The lowest BCUT2D eigenvalue weighted by molar-refractivity contribution is -0.151. The molecule has 2 amide bonds. The summed E-state index contributed by atoms with van der Waals surface area (Å²) in [4.78, 5) is 51.8. The lowest BCUT2D eigenvalue weighted by Gasteiger charge is -2.49. The summed E-state index contributed by atoms with van der Waals surface area (Å²) in [6, 6.07) is 6.22. The zero-order chi connectivity index (χ0) is 21.8. The van der Waals surface area contributed by atoms with Crippen LogP contribution >= 0.6 is 11.8 Å². The van der Waals surface area contributed by atoms with Crippen LogP contribution in [0.5, 0.6) is 0 Å². The molecule has 1 aromatic rings. The number of hydrogen-bond donors (Lipinski definition) is 2. The smallest absolute Gasteiger partial charge is 0.352 e. The van der Waals surface area contributed by atoms with Crippen LogP contribution in [0, 0.1) is 0 Å². The van der Waals surface area contributed by atoms with Gasteiger partial charge in [0.05, 0.1) is 0 Å². The molecule has 11 nitrogen and oxygen atoms in total. The average Bonchev–Trinajstić information content (AvgIpc) is 2.73. The number of hydrogen-bond acceptors (Lipinski definition) is 7. The molecular weight excluding hydrogens is 414 g/mol. The van der Waals surface area contributed by atoms with Crippen molar-refractivity contribution in [3.8, 4) is 0 Å². The average molecular weight is 431 g/mol. The van der Waals surface area contributed by atoms with Gasteiger partial charge in [-0.3, -0.25) is 19.3 Å². The predicted octanol–water partition coefficient (Wildman–Crippen LogP) is 1.34. The van der Waals surface area contributed by atoms with E-state index in [9.17, 15) is 24.3 Å². The highest BCUT2D eigenvalue weighted by molar-refractivity contribution is 8.00. The fraction of sp³-hybridized carbons (Fsp3) is 0.333. The Bertz CT molecular complexity index is 975. The second kappa shape index (κ2) is 8.89. The van der Waals surface area contributed by atoms with Gasteiger partial charge in [-0.2, -0.15) is 0 Å². The summed E-state index contributed by atoms with van der Waals surface area (Å²) in [6.07, 6.45) is 0. The zero-order valence-electron chi connectivity index (χ0n) is 15.7. The molecule has 0 spiro atoms. The molecule has 2 heterocycles. The highest BCUT2D eigenvalue weighted by Crippen LogP contribution is 2.40. The SMILES string of the molecule is CC(=O)OCC1=C(C(=O)O)N2C(=O)[C@@H](NC(=O)C(N=[N+]=[N-])c3ccccc3)[C@H]2SC1. The number of carbonyl (C=O) groups is 4. The summed E-state index contributed by atoms with van der Waals surface area (Å²) in [6.45, 7) is 0.970. The number of ether oxygens (including phenoxy) is 1. The van der Waals surface area contributed by atoms with Gasteiger partial charge in [0, 0.05) is 23.2 Å². The van der Waals surface area contributed by atoms with E-state index in [4.69, 9.17) is 10.3 Å². The fourth-order valence-corrected chi connectivity index (χ4v) is 4.50. The van der Waals surface area contributed by atoms with Crippen molar-refractivity contribution in [2.24, 2.45) is 5.11 Å². The molecule has 12 heteroatoms. The molecule has 1 unspecified atom stereocenters. The van der Waals surface area contributed by atoms with E-state index in [1.54, 1.807) is 30.3 Å². The van der Waals surface area contributed by atoms with Crippen LogP contribution in [0.25, 0.3) is 10.4 Å². The first-order valence-electron chi connectivity index (χ1n) is 8.78. The number of fused-ring (bicyclic) bond motifs is 1. The van der Waals surface area contributed by atoms with E-state index in [0.29, 0.717) is 11.1 Å². The molecule has 2 aliphatic heterocycles. The third-order valence-electron chi connectivity index (χ3n) is 4.53. The van der Waals surface area contributed by atoms with Crippen molar-refractivity contribution in [1.82, 2.24) is 10.2 Å². The summed E-state index contributed by atoms with van der Waals surface area (Å²) in [5.74, 6) is -2.94. The Hall–Kier alpha value is -3.50. The number of carboxylic acid groups (broad SMARTS) is 1. The maximum absolute atomic E-state index is 12.7. The largest absolute Gasteiger partial charge is 0.477 e. The third-order valence-corrected chi connectivity index (χ3v) is 5.87. The number of carboxylic acids is 1. The molecule has 1 saturated heterocycles. The summed E-state index contributed by atoms with van der Waals surface area (Å²) in [5, 5.41) is 15.0. The van der Waals surface area contributed by atoms with E-state index < -0.39 is 41.2 Å². The molecule has 0 saturated carbocycles. The molecule has 1 fully saturated rings. The number of esters is 1. The Labute approximate surface area is 174 Å². The number of nitrogens with zero attached hydrogens (tertiary/aromatic N) is 4. The molecule has 0 radical (unpaired) electrons. The second-order valence-corrected chi connectivity index (χ2v) is 7.56. The van der Waals surface area contributed by atoms with Crippen LogP contribution in [0.4, 0.5) is 0 Å². The van der Waals surface area contributed by atoms with Crippen LogP contribution in [0.2, 0.25) is 0 Å². The first-order chi connectivity index (χ1) is 14.3. The number of amides is 2. The standard InChI is InChI=1S/C18H17N5O6S/c1-9(24)29-7-11-8-30-17-13(16(26)23(17)14(11)18(27)28)20-15(25)12(21-22-19)10-5-3-2-4-6-10/h2-6,12-13,17H,7-8H2,1H3,(H,20,25)(H,27,28)/t12?,13-,17-/m1/s1. The van der Waals surface area contributed by atoms with Gasteiger partial charge in [-0.05, 0) is 11.1 Å². The van der Waals surface area contributed by atoms with Crippen molar-refractivity contribution in [3.05, 3.63) is 57.6 Å². The lowest BCUT2D eigenvalue weighted by Crippen LogP contribution is -2.70. The predicted molar refractivity (Wildman–Crippen MR) is 105 cm³/mol. The number of nitrogens with one attached hydrogen (secondary N) is 1. The summed E-state index contributed by atoms with van der Waals surface area (Å²) >= 11 is 1.24. The Morgan fingerprint density at radius 1 is 1.40 bits per heavy atom. The second-order valence-electron chi connectivity index (χ2n) is 6.45. The zero-order valence-corrected chi connectivity index (χ0v) is 16.5. The molecule has 0 aliphatic carbocycles. The number of β-lactam (4-membered cyclic amide) rings is 1. The highest BCUT2D eigenvalue weighted by atomic mass is 32.2. The van der Waals surface area contributed by atoms with E-state index in [1.807, 2.05) is 0 Å². The van der Waals surface area contributed by atoms with Crippen molar-refractivity contribution in [3.63, 3.8) is 0 Å². The number of benzene rings is 1. The first-order valence-corrected chi connectivity index (χ1v) is 9.83. The van der Waals surface area contributed by atoms with E-state index in [-0.39, 0.29) is 18.1 Å². The van der Waals surface area contributed by atoms with Crippen molar-refractivity contribution < 1.29 is 29.0 Å². The number of azide groups is 1. The fourth-order valence-electron chi connectivity index (χ4n) is 3.17. The van der Waals surface area contributed by atoms with Gasteiger partial charge in [-0.1, -0.05) is 35.4 Å². The van der Waals surface area contributed by atoms with Crippen molar-refractivity contribution in [2.45, 2.75) is 24.4 Å². The number of thioether (sulfide) groups is 1.